The molecule has 0 aromatic rings. The Bertz CT molecular complexity index is 190. The van der Waals surface area contributed by atoms with Gasteiger partial charge in [-0.1, -0.05) is 0 Å². The first-order valence-corrected chi connectivity index (χ1v) is 4.03. The average Bonchev–Trinajstić information content (AvgIpc) is 2.12. The molecule has 1 N–H and O–H groups in total. The molecule has 1 aliphatic rings. The number of rotatable bonds is 2. The van der Waals surface area contributed by atoms with Crippen molar-refractivity contribution in [2.75, 3.05) is 13.1 Å². The molecular formula is C3H6FN2O3P. The highest BCUT2D eigenvalue weighted by Gasteiger charge is 2.22. The standard InChI is InChI=1S/C3H6FN2O3P/c4-10(7,8)9-6-2-1-5-3-6/h3H,1-2H2,(H,7,8). The highest BCUT2D eigenvalue weighted by atomic mass is 31.2. The molecule has 1 atom stereocenters. The molecule has 0 amide bonds. The molecule has 0 fully saturated rings. The van der Waals surface area contributed by atoms with Crippen molar-refractivity contribution in [3.8, 4) is 0 Å². The molecule has 0 aromatic heterocycles. The SMILES string of the molecule is O=P(O)(F)ON1C=NCC1. The van der Waals surface area contributed by atoms with Crippen LogP contribution in [-0.4, -0.2) is 29.4 Å². The Labute approximate surface area is 56.7 Å². The lowest BCUT2D eigenvalue weighted by Crippen LogP contribution is -2.17. The summed E-state index contributed by atoms with van der Waals surface area (Å²) in [7, 11) is -4.88. The van der Waals surface area contributed by atoms with E-state index >= 15 is 0 Å². The molecule has 0 bridgehead atoms. The lowest BCUT2D eigenvalue weighted by molar-refractivity contribution is 0.0109. The molecule has 58 valence electrons. The van der Waals surface area contributed by atoms with Crippen LogP contribution in [0.4, 0.5) is 4.20 Å². The molecule has 10 heavy (non-hydrogen) atoms. The van der Waals surface area contributed by atoms with Gasteiger partial charge >= 0.3 is 7.91 Å². The van der Waals surface area contributed by atoms with Crippen LogP contribution in [0.1, 0.15) is 0 Å². The first-order chi connectivity index (χ1) is 4.58. The lowest BCUT2D eigenvalue weighted by Gasteiger charge is -2.11. The van der Waals surface area contributed by atoms with Crippen molar-refractivity contribution in [2.24, 2.45) is 4.99 Å². The van der Waals surface area contributed by atoms with E-state index in [0.717, 1.165) is 5.06 Å². The summed E-state index contributed by atoms with van der Waals surface area (Å²) < 4.78 is 25.7. The molecular weight excluding hydrogens is 162 g/mol. The molecule has 0 saturated heterocycles. The average molecular weight is 168 g/mol. The Morgan fingerprint density at radius 3 is 3.00 bits per heavy atom. The Morgan fingerprint density at radius 2 is 2.60 bits per heavy atom. The van der Waals surface area contributed by atoms with Gasteiger partial charge in [0.25, 0.3) is 0 Å². The van der Waals surface area contributed by atoms with Crippen LogP contribution in [0.5, 0.6) is 0 Å². The first-order valence-electron chi connectivity index (χ1n) is 2.57. The second kappa shape index (κ2) is 2.65. The molecule has 0 radical (unpaired) electrons. The zero-order chi connectivity index (χ0) is 7.61. The largest absolute Gasteiger partial charge is 0.532 e. The minimum atomic E-state index is -4.88. The summed E-state index contributed by atoms with van der Waals surface area (Å²) in [5, 5.41) is 0.890. The van der Waals surface area contributed by atoms with Crippen molar-refractivity contribution in [3.63, 3.8) is 0 Å². The predicted molar refractivity (Wildman–Crippen MR) is 32.1 cm³/mol. The fourth-order valence-electron chi connectivity index (χ4n) is 0.554. The van der Waals surface area contributed by atoms with Crippen LogP contribution in [-0.2, 0) is 9.19 Å². The fourth-order valence-corrected chi connectivity index (χ4v) is 0.937. The molecule has 1 aliphatic heterocycles. The second-order valence-electron chi connectivity index (χ2n) is 1.70. The lowest BCUT2D eigenvalue weighted by atomic mass is 10.7. The van der Waals surface area contributed by atoms with Crippen molar-refractivity contribution >= 4 is 14.2 Å². The third-order valence-electron chi connectivity index (χ3n) is 0.866. The first kappa shape index (κ1) is 7.65. The number of nitrogens with zero attached hydrogens (tertiary/aromatic N) is 2. The number of hydrogen-bond donors (Lipinski definition) is 1. The monoisotopic (exact) mass is 168 g/mol. The van der Waals surface area contributed by atoms with E-state index in [-0.39, 0.29) is 0 Å². The summed E-state index contributed by atoms with van der Waals surface area (Å²) in [5.41, 5.74) is 0. The predicted octanol–water partition coefficient (Wildman–Crippen LogP) is 0.332. The minimum Gasteiger partial charge on any atom is -0.298 e. The third-order valence-corrected chi connectivity index (χ3v) is 1.28. The van der Waals surface area contributed by atoms with Gasteiger partial charge in [0.2, 0.25) is 0 Å². The van der Waals surface area contributed by atoms with Gasteiger partial charge in [0.15, 0.2) is 0 Å². The molecule has 0 spiro atoms. The number of hydroxylamine groups is 2. The molecule has 1 heterocycles. The van der Waals surface area contributed by atoms with Gasteiger partial charge in [0.1, 0.15) is 6.34 Å². The van der Waals surface area contributed by atoms with Crippen LogP contribution in [0, 0.1) is 0 Å². The van der Waals surface area contributed by atoms with E-state index in [2.05, 4.69) is 9.62 Å². The van der Waals surface area contributed by atoms with E-state index in [0.29, 0.717) is 13.1 Å². The number of hydrogen-bond acceptors (Lipinski definition) is 4. The fraction of sp³-hybridized carbons (Fsp3) is 0.667. The van der Waals surface area contributed by atoms with Crippen LogP contribution in [0.2, 0.25) is 0 Å². The smallest absolute Gasteiger partial charge is 0.298 e. The maximum absolute atomic E-state index is 11.8. The van der Waals surface area contributed by atoms with Crippen molar-refractivity contribution in [1.82, 2.24) is 5.06 Å². The summed E-state index contributed by atoms with van der Waals surface area (Å²) >= 11 is 0. The number of halogens is 1. The van der Waals surface area contributed by atoms with Crippen LogP contribution in [0.15, 0.2) is 4.99 Å². The van der Waals surface area contributed by atoms with Crippen molar-refractivity contribution in [1.29, 1.82) is 0 Å². The van der Waals surface area contributed by atoms with Gasteiger partial charge in [-0.05, 0) is 0 Å². The van der Waals surface area contributed by atoms with E-state index in [4.69, 9.17) is 4.89 Å². The second-order valence-corrected chi connectivity index (χ2v) is 2.76. The molecule has 0 aromatic carbocycles. The van der Waals surface area contributed by atoms with E-state index in [1.54, 1.807) is 0 Å². The van der Waals surface area contributed by atoms with Crippen LogP contribution >= 0.6 is 7.91 Å². The Kier molecular flexibility index (Phi) is 2.03. The third kappa shape index (κ3) is 2.43. The quantitative estimate of drug-likeness (QED) is 0.603. The Balaban J connectivity index is 2.39. The summed E-state index contributed by atoms with van der Waals surface area (Å²) in [6, 6.07) is 0. The van der Waals surface area contributed by atoms with Crippen molar-refractivity contribution < 1.29 is 18.3 Å². The molecule has 0 saturated carbocycles. The van der Waals surface area contributed by atoms with Crippen LogP contribution < -0.4 is 0 Å². The molecule has 1 unspecified atom stereocenters. The van der Waals surface area contributed by atoms with E-state index in [1.165, 1.54) is 6.34 Å². The topological polar surface area (TPSA) is 62.1 Å². The van der Waals surface area contributed by atoms with Crippen LogP contribution in [0.3, 0.4) is 0 Å². The minimum absolute atomic E-state index is 0.314. The maximum Gasteiger partial charge on any atom is 0.532 e. The van der Waals surface area contributed by atoms with Crippen LogP contribution in [0.25, 0.3) is 0 Å². The zero-order valence-electron chi connectivity index (χ0n) is 4.97. The summed E-state index contributed by atoms with van der Waals surface area (Å²) in [6.45, 7) is 0.772. The summed E-state index contributed by atoms with van der Waals surface area (Å²) in [6.07, 6.45) is 1.17. The Hall–Kier alpha value is -0.450. The van der Waals surface area contributed by atoms with E-state index < -0.39 is 7.91 Å². The molecule has 5 nitrogen and oxygen atoms in total. The molecule has 7 heteroatoms. The van der Waals surface area contributed by atoms with Gasteiger partial charge in [0.05, 0.1) is 13.1 Å². The summed E-state index contributed by atoms with van der Waals surface area (Å²) in [5.74, 6) is 0. The number of aliphatic imine (C=N–C) groups is 1. The van der Waals surface area contributed by atoms with Gasteiger partial charge in [-0.25, -0.2) is 9.63 Å². The van der Waals surface area contributed by atoms with E-state index in [9.17, 15) is 8.76 Å². The van der Waals surface area contributed by atoms with E-state index in [1.807, 2.05) is 0 Å². The normalized spacial score (nSPS) is 23.2. The zero-order valence-corrected chi connectivity index (χ0v) is 5.87. The maximum atomic E-state index is 11.8. The van der Waals surface area contributed by atoms with Gasteiger partial charge in [-0.3, -0.25) is 9.89 Å². The highest BCUT2D eigenvalue weighted by molar-refractivity contribution is 7.46. The van der Waals surface area contributed by atoms with Crippen molar-refractivity contribution in [2.45, 2.75) is 0 Å². The Morgan fingerprint density at radius 1 is 1.90 bits per heavy atom. The molecule has 1 rings (SSSR count). The van der Waals surface area contributed by atoms with Gasteiger partial charge < -0.3 is 0 Å². The van der Waals surface area contributed by atoms with Gasteiger partial charge in [0, 0.05) is 0 Å². The highest BCUT2D eigenvalue weighted by Crippen LogP contribution is 2.44. The molecule has 0 aliphatic carbocycles. The summed E-state index contributed by atoms with van der Waals surface area (Å²) in [4.78, 5) is 11.7. The van der Waals surface area contributed by atoms with Gasteiger partial charge in [-0.2, -0.15) is 4.62 Å². The van der Waals surface area contributed by atoms with Crippen molar-refractivity contribution in [3.05, 3.63) is 0 Å². The van der Waals surface area contributed by atoms with Gasteiger partial charge in [-0.15, -0.1) is 4.20 Å².